The molecule has 1 aromatic rings. The molecule has 20 heavy (non-hydrogen) atoms. The van der Waals surface area contributed by atoms with Crippen LogP contribution in [0.5, 0.6) is 0 Å². The molecule has 0 spiro atoms. The van der Waals surface area contributed by atoms with Crippen LogP contribution >= 0.6 is 11.3 Å². The van der Waals surface area contributed by atoms with E-state index in [2.05, 4.69) is 22.5 Å². The number of nitrogens with one attached hydrogen (secondary N) is 2. The number of aryl methyl sites for hydroxylation is 1. The Kier molecular flexibility index (Phi) is 6.77. The molecule has 1 heterocycles. The Morgan fingerprint density at radius 3 is 2.80 bits per heavy atom. The third-order valence-corrected chi connectivity index (χ3v) is 3.52. The number of carbonyl (C=O) groups excluding carboxylic acids is 2. The SMILES string of the molecule is CCNC(=O)CNC(=O)c1cc(C)c(C#CCCO)s1. The van der Waals surface area contributed by atoms with Crippen molar-refractivity contribution in [3.05, 3.63) is 21.4 Å². The van der Waals surface area contributed by atoms with Crippen LogP contribution in [0.25, 0.3) is 0 Å². The quantitative estimate of drug-likeness (QED) is 0.698. The zero-order valence-electron chi connectivity index (χ0n) is 11.6. The van der Waals surface area contributed by atoms with Gasteiger partial charge >= 0.3 is 0 Å². The van der Waals surface area contributed by atoms with E-state index < -0.39 is 0 Å². The molecule has 0 aliphatic heterocycles. The molecule has 2 amide bonds. The lowest BCUT2D eigenvalue weighted by Gasteiger charge is -2.03. The summed E-state index contributed by atoms with van der Waals surface area (Å²) in [5.74, 6) is 5.26. The number of carbonyl (C=O) groups is 2. The fourth-order valence-corrected chi connectivity index (χ4v) is 2.39. The number of thiophene rings is 1. The molecule has 5 nitrogen and oxygen atoms in total. The number of hydrogen-bond acceptors (Lipinski definition) is 4. The summed E-state index contributed by atoms with van der Waals surface area (Å²) in [6, 6.07) is 1.75. The summed E-state index contributed by atoms with van der Waals surface area (Å²) < 4.78 is 0. The summed E-state index contributed by atoms with van der Waals surface area (Å²) in [5.41, 5.74) is 0.920. The van der Waals surface area contributed by atoms with Crippen molar-refractivity contribution in [2.75, 3.05) is 19.7 Å². The van der Waals surface area contributed by atoms with Crippen LogP contribution in [0.15, 0.2) is 6.07 Å². The van der Waals surface area contributed by atoms with Crippen molar-refractivity contribution in [1.29, 1.82) is 0 Å². The first-order chi connectivity index (χ1) is 9.58. The summed E-state index contributed by atoms with van der Waals surface area (Å²) in [6.07, 6.45) is 0.413. The topological polar surface area (TPSA) is 78.4 Å². The average molecular weight is 294 g/mol. The molecule has 0 aliphatic carbocycles. The first kappa shape index (κ1) is 16.2. The van der Waals surface area contributed by atoms with Gasteiger partial charge in [-0.25, -0.2) is 0 Å². The maximum Gasteiger partial charge on any atom is 0.261 e. The van der Waals surface area contributed by atoms with Crippen molar-refractivity contribution in [3.8, 4) is 11.8 Å². The summed E-state index contributed by atoms with van der Waals surface area (Å²) in [4.78, 5) is 24.5. The van der Waals surface area contributed by atoms with Gasteiger partial charge in [-0.15, -0.1) is 11.3 Å². The molecule has 0 fully saturated rings. The Bertz CT molecular complexity index is 540. The predicted molar refractivity (Wildman–Crippen MR) is 78.7 cm³/mol. The van der Waals surface area contributed by atoms with Crippen molar-refractivity contribution >= 4 is 23.2 Å². The minimum Gasteiger partial charge on any atom is -0.395 e. The van der Waals surface area contributed by atoms with Crippen LogP contribution in [-0.4, -0.2) is 36.6 Å². The Hall–Kier alpha value is -1.84. The van der Waals surface area contributed by atoms with Gasteiger partial charge in [0.05, 0.1) is 22.9 Å². The van der Waals surface area contributed by atoms with E-state index in [1.54, 1.807) is 6.07 Å². The number of aliphatic hydroxyl groups is 1. The Morgan fingerprint density at radius 1 is 1.40 bits per heavy atom. The lowest BCUT2D eigenvalue weighted by molar-refractivity contribution is -0.120. The van der Waals surface area contributed by atoms with Gasteiger partial charge in [-0.1, -0.05) is 11.8 Å². The molecule has 1 aromatic heterocycles. The number of amides is 2. The van der Waals surface area contributed by atoms with E-state index >= 15 is 0 Å². The lowest BCUT2D eigenvalue weighted by atomic mass is 10.2. The molecule has 0 saturated heterocycles. The van der Waals surface area contributed by atoms with E-state index in [0.717, 1.165) is 10.4 Å². The number of rotatable bonds is 5. The molecular weight excluding hydrogens is 276 g/mol. The second-order valence-corrected chi connectivity index (χ2v) is 5.09. The number of hydrogen-bond donors (Lipinski definition) is 3. The number of aliphatic hydroxyl groups excluding tert-OH is 1. The molecule has 0 unspecified atom stereocenters. The fourth-order valence-electron chi connectivity index (χ4n) is 1.42. The highest BCUT2D eigenvalue weighted by molar-refractivity contribution is 7.14. The van der Waals surface area contributed by atoms with E-state index in [9.17, 15) is 9.59 Å². The van der Waals surface area contributed by atoms with E-state index in [0.29, 0.717) is 17.8 Å². The van der Waals surface area contributed by atoms with Crippen LogP contribution < -0.4 is 10.6 Å². The smallest absolute Gasteiger partial charge is 0.261 e. The molecule has 3 N–H and O–H groups in total. The minimum atomic E-state index is -0.278. The molecule has 0 aliphatic rings. The summed E-state index contributed by atoms with van der Waals surface area (Å²) >= 11 is 1.28. The maximum atomic E-state index is 11.9. The Morgan fingerprint density at radius 2 is 2.15 bits per heavy atom. The van der Waals surface area contributed by atoms with Gasteiger partial charge in [0.1, 0.15) is 0 Å². The first-order valence-electron chi connectivity index (χ1n) is 6.33. The van der Waals surface area contributed by atoms with Crippen LogP contribution in [0, 0.1) is 18.8 Å². The van der Waals surface area contributed by atoms with Crippen molar-refractivity contribution in [3.63, 3.8) is 0 Å². The predicted octanol–water partition coefficient (Wildman–Crippen LogP) is 0.656. The third-order valence-electron chi connectivity index (χ3n) is 2.36. The molecule has 108 valence electrons. The average Bonchev–Trinajstić information content (AvgIpc) is 2.78. The van der Waals surface area contributed by atoms with Crippen LogP contribution in [0.4, 0.5) is 0 Å². The van der Waals surface area contributed by atoms with Crippen molar-refractivity contribution < 1.29 is 14.7 Å². The van der Waals surface area contributed by atoms with Crippen LogP contribution in [0.2, 0.25) is 0 Å². The summed E-state index contributed by atoms with van der Waals surface area (Å²) in [7, 11) is 0. The fraction of sp³-hybridized carbons (Fsp3) is 0.429. The van der Waals surface area contributed by atoms with E-state index in [-0.39, 0.29) is 25.0 Å². The summed E-state index contributed by atoms with van der Waals surface area (Å²) in [5, 5.41) is 13.8. The molecule has 1 rings (SSSR count). The van der Waals surface area contributed by atoms with Gasteiger partial charge in [-0.05, 0) is 25.5 Å². The minimum absolute atomic E-state index is 0.0251. The normalized spacial score (nSPS) is 9.55. The molecule has 0 bridgehead atoms. The van der Waals surface area contributed by atoms with Gasteiger partial charge in [-0.2, -0.15) is 0 Å². The van der Waals surface area contributed by atoms with Crippen LogP contribution in [0.1, 0.15) is 33.5 Å². The van der Waals surface area contributed by atoms with Crippen molar-refractivity contribution in [2.45, 2.75) is 20.3 Å². The maximum absolute atomic E-state index is 11.9. The van der Waals surface area contributed by atoms with E-state index in [1.807, 2.05) is 13.8 Å². The van der Waals surface area contributed by atoms with Gasteiger partial charge in [-0.3, -0.25) is 9.59 Å². The zero-order chi connectivity index (χ0) is 15.0. The van der Waals surface area contributed by atoms with Gasteiger partial charge in [0, 0.05) is 13.0 Å². The van der Waals surface area contributed by atoms with Crippen molar-refractivity contribution in [2.24, 2.45) is 0 Å². The largest absolute Gasteiger partial charge is 0.395 e. The highest BCUT2D eigenvalue weighted by Crippen LogP contribution is 2.20. The second-order valence-electron chi connectivity index (χ2n) is 4.03. The van der Waals surface area contributed by atoms with Gasteiger partial charge in [0.2, 0.25) is 5.91 Å². The molecule has 0 radical (unpaired) electrons. The zero-order valence-corrected chi connectivity index (χ0v) is 12.4. The molecule has 0 saturated carbocycles. The van der Waals surface area contributed by atoms with Crippen molar-refractivity contribution in [1.82, 2.24) is 10.6 Å². The lowest BCUT2D eigenvalue weighted by Crippen LogP contribution is -2.36. The molecule has 0 atom stereocenters. The molecular formula is C14H18N2O3S. The Balaban J connectivity index is 2.64. The first-order valence-corrected chi connectivity index (χ1v) is 7.15. The second kappa shape index (κ2) is 8.35. The van der Waals surface area contributed by atoms with Crippen LogP contribution in [0.3, 0.4) is 0 Å². The molecule has 0 aromatic carbocycles. The van der Waals surface area contributed by atoms with Gasteiger partial charge < -0.3 is 15.7 Å². The highest BCUT2D eigenvalue weighted by atomic mass is 32.1. The standard InChI is InChI=1S/C14H18N2O3S/c1-3-15-13(18)9-16-14(19)12-8-10(2)11(20-12)6-4-5-7-17/h8,17H,3,5,7,9H2,1-2H3,(H,15,18)(H,16,19). The van der Waals surface area contributed by atoms with Gasteiger partial charge in [0.15, 0.2) is 0 Å². The highest BCUT2D eigenvalue weighted by Gasteiger charge is 2.12. The van der Waals surface area contributed by atoms with E-state index in [1.165, 1.54) is 11.3 Å². The van der Waals surface area contributed by atoms with E-state index in [4.69, 9.17) is 5.11 Å². The number of likely N-dealkylation sites (N-methyl/N-ethyl adjacent to an activating group) is 1. The van der Waals surface area contributed by atoms with Gasteiger partial charge in [0.25, 0.3) is 5.91 Å². The Labute approximate surface area is 122 Å². The van der Waals surface area contributed by atoms with Crippen LogP contribution in [-0.2, 0) is 4.79 Å². The summed E-state index contributed by atoms with van der Waals surface area (Å²) in [6.45, 7) is 4.23. The monoisotopic (exact) mass is 294 g/mol. The third kappa shape index (κ3) is 5.03. The molecule has 6 heteroatoms.